The lowest BCUT2D eigenvalue weighted by molar-refractivity contribution is 0.111. The van der Waals surface area contributed by atoms with Crippen molar-refractivity contribution < 1.29 is 14.3 Å². The average molecular weight is 306 g/mol. The molecule has 1 rings (SSSR count). The molecule has 16 heavy (non-hydrogen) atoms. The number of ether oxygens (including phenoxy) is 2. The van der Waals surface area contributed by atoms with E-state index in [0.717, 1.165) is 0 Å². The molecule has 1 aromatic rings. The predicted molar refractivity (Wildman–Crippen MR) is 67.0 cm³/mol. The Bertz CT molecular complexity index is 418. The lowest BCUT2D eigenvalue weighted by Gasteiger charge is -2.12. The number of methoxy groups -OCH3 is 1. The van der Waals surface area contributed by atoms with E-state index in [4.69, 9.17) is 21.1 Å². The van der Waals surface area contributed by atoms with E-state index in [0.29, 0.717) is 32.9 Å². The third kappa shape index (κ3) is 3.25. The highest BCUT2D eigenvalue weighted by Gasteiger charge is 2.12. The number of hydrogen-bond acceptors (Lipinski definition) is 3. The fourth-order valence-electron chi connectivity index (χ4n) is 1.13. The average Bonchev–Trinajstić information content (AvgIpc) is 2.25. The highest BCUT2D eigenvalue weighted by atomic mass is 79.9. The molecule has 0 heterocycles. The van der Waals surface area contributed by atoms with Gasteiger partial charge in [-0.3, -0.25) is 4.79 Å². The van der Waals surface area contributed by atoms with Gasteiger partial charge >= 0.3 is 0 Å². The minimum atomic E-state index is 0.249. The Hall–Kier alpha value is -1.00. The van der Waals surface area contributed by atoms with Gasteiger partial charge in [-0.1, -0.05) is 34.1 Å². The molecule has 0 unspecified atom stereocenters. The minimum Gasteiger partial charge on any atom is -0.493 e. The molecule has 0 amide bonds. The van der Waals surface area contributed by atoms with Crippen molar-refractivity contribution in [3.05, 3.63) is 33.8 Å². The van der Waals surface area contributed by atoms with Gasteiger partial charge in [0, 0.05) is 15.6 Å². The summed E-state index contributed by atoms with van der Waals surface area (Å²) in [4.78, 5) is 10.9. The molecule has 0 saturated heterocycles. The Kier molecular flexibility index (Phi) is 4.83. The third-order valence-electron chi connectivity index (χ3n) is 1.77. The maximum absolute atomic E-state index is 10.9. The van der Waals surface area contributed by atoms with Gasteiger partial charge in [0.1, 0.15) is 6.61 Å². The molecule has 1 aromatic carbocycles. The fourth-order valence-corrected chi connectivity index (χ4v) is 1.46. The molecule has 0 aromatic heterocycles. The zero-order chi connectivity index (χ0) is 12.1. The molecular weight excluding hydrogens is 295 g/mol. The van der Waals surface area contributed by atoms with Gasteiger partial charge in [-0.15, -0.1) is 0 Å². The van der Waals surface area contributed by atoms with Crippen LogP contribution in [0.5, 0.6) is 11.5 Å². The second kappa shape index (κ2) is 5.92. The zero-order valence-electron chi connectivity index (χ0n) is 8.63. The molecule has 0 N–H and O–H groups in total. The number of carbonyl (C=O) groups is 1. The molecule has 0 radical (unpaired) electrons. The molecule has 0 bridgehead atoms. The molecule has 3 nitrogen and oxygen atoms in total. The second-order valence-corrected chi connectivity index (χ2v) is 4.51. The molecule has 0 saturated carbocycles. The SMILES string of the molecule is C=C(Br)COc1c(C=O)cc(Cl)cc1OC. The Labute approximate surface area is 107 Å². The van der Waals surface area contributed by atoms with E-state index in [9.17, 15) is 4.79 Å². The molecule has 0 aliphatic rings. The van der Waals surface area contributed by atoms with Crippen molar-refractivity contribution in [2.24, 2.45) is 0 Å². The van der Waals surface area contributed by atoms with Crippen molar-refractivity contribution in [2.75, 3.05) is 13.7 Å². The monoisotopic (exact) mass is 304 g/mol. The van der Waals surface area contributed by atoms with Crippen LogP contribution >= 0.6 is 27.5 Å². The van der Waals surface area contributed by atoms with Gasteiger partial charge in [0.05, 0.1) is 12.7 Å². The van der Waals surface area contributed by atoms with Gasteiger partial charge in [-0.2, -0.15) is 0 Å². The summed E-state index contributed by atoms with van der Waals surface area (Å²) in [7, 11) is 1.48. The number of halogens is 2. The zero-order valence-corrected chi connectivity index (χ0v) is 11.0. The Morgan fingerprint density at radius 1 is 1.62 bits per heavy atom. The normalized spacial score (nSPS) is 9.69. The number of carbonyl (C=O) groups excluding carboxylic acids is 1. The Morgan fingerprint density at radius 3 is 2.81 bits per heavy atom. The van der Waals surface area contributed by atoms with Crippen LogP contribution < -0.4 is 9.47 Å². The molecule has 0 aliphatic heterocycles. The molecular formula is C11H10BrClO3. The summed E-state index contributed by atoms with van der Waals surface area (Å²) < 4.78 is 11.2. The Morgan fingerprint density at radius 2 is 2.31 bits per heavy atom. The summed E-state index contributed by atoms with van der Waals surface area (Å²) in [6.07, 6.45) is 0.667. The largest absolute Gasteiger partial charge is 0.493 e. The van der Waals surface area contributed by atoms with E-state index in [2.05, 4.69) is 22.5 Å². The quantitative estimate of drug-likeness (QED) is 0.782. The van der Waals surface area contributed by atoms with Gasteiger partial charge in [-0.25, -0.2) is 0 Å². The summed E-state index contributed by atoms with van der Waals surface area (Å²) in [6.45, 7) is 3.88. The van der Waals surface area contributed by atoms with E-state index in [-0.39, 0.29) is 6.61 Å². The topological polar surface area (TPSA) is 35.5 Å². The van der Waals surface area contributed by atoms with Gasteiger partial charge in [0.15, 0.2) is 17.8 Å². The standard InChI is InChI=1S/C11H10BrClO3/c1-7(12)6-16-11-8(5-14)3-9(13)4-10(11)15-2/h3-5H,1,6H2,2H3. The van der Waals surface area contributed by atoms with Crippen LogP contribution in [0.2, 0.25) is 5.02 Å². The molecule has 0 aliphatic carbocycles. The molecule has 0 spiro atoms. The van der Waals surface area contributed by atoms with E-state index < -0.39 is 0 Å². The van der Waals surface area contributed by atoms with Crippen LogP contribution in [0.25, 0.3) is 0 Å². The fraction of sp³-hybridized carbons (Fsp3) is 0.182. The second-order valence-electron chi connectivity index (χ2n) is 2.95. The summed E-state index contributed by atoms with van der Waals surface area (Å²) >= 11 is 8.99. The summed E-state index contributed by atoms with van der Waals surface area (Å²) in [5.74, 6) is 0.783. The van der Waals surface area contributed by atoms with E-state index in [1.807, 2.05) is 0 Å². The number of rotatable bonds is 5. The van der Waals surface area contributed by atoms with Gasteiger partial charge in [-0.05, 0) is 6.07 Å². The molecule has 0 atom stereocenters. The van der Waals surface area contributed by atoms with Crippen LogP contribution in [0.1, 0.15) is 10.4 Å². The van der Waals surface area contributed by atoms with Crippen molar-refractivity contribution in [2.45, 2.75) is 0 Å². The van der Waals surface area contributed by atoms with Crippen LogP contribution in [0.4, 0.5) is 0 Å². The van der Waals surface area contributed by atoms with Gasteiger partial charge in [0.25, 0.3) is 0 Å². The lowest BCUT2D eigenvalue weighted by Crippen LogP contribution is -2.01. The van der Waals surface area contributed by atoms with Crippen molar-refractivity contribution in [3.8, 4) is 11.5 Å². The van der Waals surface area contributed by atoms with Crippen molar-refractivity contribution in [3.63, 3.8) is 0 Å². The van der Waals surface area contributed by atoms with E-state index >= 15 is 0 Å². The molecule has 86 valence electrons. The molecule has 5 heteroatoms. The van der Waals surface area contributed by atoms with Crippen LogP contribution in [0.3, 0.4) is 0 Å². The number of aldehydes is 1. The maximum atomic E-state index is 10.9. The van der Waals surface area contributed by atoms with Crippen LogP contribution in [-0.4, -0.2) is 20.0 Å². The van der Waals surface area contributed by atoms with Crippen molar-refractivity contribution >= 4 is 33.8 Å². The third-order valence-corrected chi connectivity index (χ3v) is 2.22. The summed E-state index contributed by atoms with van der Waals surface area (Å²) in [5, 5.41) is 0.420. The van der Waals surface area contributed by atoms with Crippen molar-refractivity contribution in [1.29, 1.82) is 0 Å². The first-order chi connectivity index (χ1) is 7.58. The Balaban J connectivity index is 3.11. The first-order valence-electron chi connectivity index (χ1n) is 4.37. The number of hydrogen-bond donors (Lipinski definition) is 0. The first-order valence-corrected chi connectivity index (χ1v) is 5.54. The minimum absolute atomic E-state index is 0.249. The smallest absolute Gasteiger partial charge is 0.172 e. The highest BCUT2D eigenvalue weighted by molar-refractivity contribution is 9.11. The van der Waals surface area contributed by atoms with Crippen LogP contribution in [0, 0.1) is 0 Å². The van der Waals surface area contributed by atoms with E-state index in [1.54, 1.807) is 6.07 Å². The number of benzene rings is 1. The molecule has 0 fully saturated rings. The van der Waals surface area contributed by atoms with Crippen LogP contribution in [-0.2, 0) is 0 Å². The van der Waals surface area contributed by atoms with Gasteiger partial charge < -0.3 is 9.47 Å². The summed E-state index contributed by atoms with van der Waals surface area (Å²) in [5.41, 5.74) is 0.345. The lowest BCUT2D eigenvalue weighted by atomic mass is 10.2. The van der Waals surface area contributed by atoms with Gasteiger partial charge in [0.2, 0.25) is 0 Å². The van der Waals surface area contributed by atoms with Crippen LogP contribution in [0.15, 0.2) is 23.2 Å². The van der Waals surface area contributed by atoms with E-state index in [1.165, 1.54) is 13.2 Å². The maximum Gasteiger partial charge on any atom is 0.172 e. The van der Waals surface area contributed by atoms with Crippen molar-refractivity contribution in [1.82, 2.24) is 0 Å². The predicted octanol–water partition coefficient (Wildman–Crippen LogP) is 3.45. The first kappa shape index (κ1) is 13.1. The highest BCUT2D eigenvalue weighted by Crippen LogP contribution is 2.34. The summed E-state index contributed by atoms with van der Waals surface area (Å²) in [6, 6.07) is 3.10.